The van der Waals surface area contributed by atoms with Gasteiger partial charge in [0.2, 0.25) is 0 Å². The van der Waals surface area contributed by atoms with Crippen LogP contribution in [0.3, 0.4) is 0 Å². The van der Waals surface area contributed by atoms with Crippen molar-refractivity contribution >= 4 is 24.6 Å². The van der Waals surface area contributed by atoms with Crippen LogP contribution < -0.4 is 5.32 Å². The highest BCUT2D eigenvalue weighted by Crippen LogP contribution is 2.35. The molecule has 0 radical (unpaired) electrons. The van der Waals surface area contributed by atoms with Gasteiger partial charge in [0.1, 0.15) is 5.54 Å². The molecular formula is C16H20N2O2S. The molecule has 1 aromatic carbocycles. The lowest BCUT2D eigenvalue weighted by molar-refractivity contribution is -0.131. The molecule has 2 aliphatic rings. The summed E-state index contributed by atoms with van der Waals surface area (Å²) in [4.78, 5) is 26.2. The number of hydrogen-bond donors (Lipinski definition) is 2. The maximum Gasteiger partial charge on any atom is 0.325 e. The molecule has 21 heavy (non-hydrogen) atoms. The summed E-state index contributed by atoms with van der Waals surface area (Å²) in [7, 11) is 0. The van der Waals surface area contributed by atoms with Gasteiger partial charge in [0, 0.05) is 12.5 Å². The summed E-state index contributed by atoms with van der Waals surface area (Å²) in [6.07, 6.45) is 3.55. The number of imide groups is 1. The molecule has 1 N–H and O–H groups in total. The van der Waals surface area contributed by atoms with Crippen molar-refractivity contribution in [3.8, 4) is 0 Å². The number of benzene rings is 1. The lowest BCUT2D eigenvalue weighted by atomic mass is 9.96. The Morgan fingerprint density at radius 2 is 1.86 bits per heavy atom. The van der Waals surface area contributed by atoms with E-state index in [1.165, 1.54) is 4.90 Å². The lowest BCUT2D eigenvalue weighted by Crippen LogP contribution is -2.44. The first-order valence-electron chi connectivity index (χ1n) is 7.46. The smallest absolute Gasteiger partial charge is 0.323 e. The highest BCUT2D eigenvalue weighted by Gasteiger charge is 2.52. The minimum atomic E-state index is -0.616. The van der Waals surface area contributed by atoms with Crippen molar-refractivity contribution in [3.63, 3.8) is 0 Å². The number of hydrogen-bond acceptors (Lipinski definition) is 3. The van der Waals surface area contributed by atoms with Crippen LogP contribution in [0.2, 0.25) is 0 Å². The van der Waals surface area contributed by atoms with E-state index in [1.54, 1.807) is 0 Å². The quantitative estimate of drug-likeness (QED) is 0.663. The molecule has 1 atom stereocenters. The number of nitrogens with one attached hydrogen (secondary N) is 1. The maximum atomic E-state index is 12.6. The summed E-state index contributed by atoms with van der Waals surface area (Å²) >= 11 is 4.39. The molecule has 0 aromatic heterocycles. The van der Waals surface area contributed by atoms with Gasteiger partial charge in [-0.25, -0.2) is 4.79 Å². The van der Waals surface area contributed by atoms with E-state index in [4.69, 9.17) is 0 Å². The molecule has 1 saturated heterocycles. The highest BCUT2D eigenvalue weighted by molar-refractivity contribution is 7.80. The van der Waals surface area contributed by atoms with E-state index in [-0.39, 0.29) is 17.9 Å². The van der Waals surface area contributed by atoms with Crippen molar-refractivity contribution in [3.05, 3.63) is 35.9 Å². The normalized spacial score (nSPS) is 21.9. The zero-order chi connectivity index (χ0) is 14.9. The maximum absolute atomic E-state index is 12.6. The van der Waals surface area contributed by atoms with Crippen LogP contribution in [0.4, 0.5) is 4.79 Å². The van der Waals surface area contributed by atoms with Crippen molar-refractivity contribution in [1.82, 2.24) is 10.2 Å². The van der Waals surface area contributed by atoms with Gasteiger partial charge in [-0.2, -0.15) is 12.6 Å². The number of rotatable bonds is 4. The Labute approximate surface area is 130 Å². The van der Waals surface area contributed by atoms with Gasteiger partial charge in [-0.1, -0.05) is 43.2 Å². The predicted molar refractivity (Wildman–Crippen MR) is 84.5 cm³/mol. The standard InChI is InChI=1S/C16H20N2O2S/c19-14-16(8-4-5-9-16)17-15(20)18(14)10-13(11-21)12-6-2-1-3-7-12/h1-3,6-7,13,21H,4-5,8-11H2,(H,17,20). The summed E-state index contributed by atoms with van der Waals surface area (Å²) in [5, 5.41) is 2.92. The van der Waals surface area contributed by atoms with E-state index >= 15 is 0 Å². The third-order valence-electron chi connectivity index (χ3n) is 4.60. The van der Waals surface area contributed by atoms with Crippen molar-refractivity contribution in [2.45, 2.75) is 37.1 Å². The van der Waals surface area contributed by atoms with Crippen LogP contribution in [0.1, 0.15) is 37.2 Å². The molecule has 3 rings (SSSR count). The Bertz CT molecular complexity index is 540. The van der Waals surface area contributed by atoms with Gasteiger partial charge in [0.05, 0.1) is 0 Å². The molecule has 0 bridgehead atoms. The van der Waals surface area contributed by atoms with Crippen LogP contribution in [0.25, 0.3) is 0 Å². The third-order valence-corrected chi connectivity index (χ3v) is 5.04. The summed E-state index contributed by atoms with van der Waals surface area (Å²) in [6.45, 7) is 0.403. The number of urea groups is 1. The topological polar surface area (TPSA) is 49.4 Å². The molecule has 3 amide bonds. The first-order chi connectivity index (χ1) is 10.2. The molecule has 1 unspecified atom stereocenters. The molecular weight excluding hydrogens is 284 g/mol. The first-order valence-corrected chi connectivity index (χ1v) is 8.09. The average molecular weight is 304 g/mol. The zero-order valence-corrected chi connectivity index (χ0v) is 12.8. The molecule has 1 aliphatic carbocycles. The summed E-state index contributed by atoms with van der Waals surface area (Å²) in [5.74, 6) is 0.627. The number of carbonyl (C=O) groups excluding carboxylic acids is 2. The van der Waals surface area contributed by atoms with Crippen LogP contribution in [0, 0.1) is 0 Å². The van der Waals surface area contributed by atoms with Crippen molar-refractivity contribution in [1.29, 1.82) is 0 Å². The number of amides is 3. The Kier molecular flexibility index (Phi) is 3.93. The van der Waals surface area contributed by atoms with Gasteiger partial charge in [-0.05, 0) is 24.2 Å². The van der Waals surface area contributed by atoms with E-state index in [1.807, 2.05) is 30.3 Å². The van der Waals surface area contributed by atoms with E-state index in [9.17, 15) is 9.59 Å². The molecule has 2 fully saturated rings. The SMILES string of the molecule is O=C1NC2(CCCC2)C(=O)N1CC(CS)c1ccccc1. The number of thiol groups is 1. The molecule has 1 heterocycles. The van der Waals surface area contributed by atoms with Crippen molar-refractivity contribution in [2.24, 2.45) is 0 Å². The van der Waals surface area contributed by atoms with Gasteiger partial charge < -0.3 is 5.32 Å². The second-order valence-electron chi connectivity index (χ2n) is 5.93. The van der Waals surface area contributed by atoms with E-state index in [0.717, 1.165) is 31.2 Å². The minimum absolute atomic E-state index is 0.0484. The monoisotopic (exact) mass is 304 g/mol. The summed E-state index contributed by atoms with van der Waals surface area (Å²) in [6, 6.07) is 9.69. The second-order valence-corrected chi connectivity index (χ2v) is 6.29. The molecule has 112 valence electrons. The number of nitrogens with zero attached hydrogens (tertiary/aromatic N) is 1. The first kappa shape index (κ1) is 14.4. The third kappa shape index (κ3) is 2.55. The van der Waals surface area contributed by atoms with Crippen LogP contribution in [-0.4, -0.2) is 34.7 Å². The zero-order valence-electron chi connectivity index (χ0n) is 11.9. The molecule has 4 nitrogen and oxygen atoms in total. The Balaban J connectivity index is 1.77. The van der Waals surface area contributed by atoms with E-state index < -0.39 is 5.54 Å². The molecule has 1 aliphatic heterocycles. The Morgan fingerprint density at radius 1 is 1.19 bits per heavy atom. The van der Waals surface area contributed by atoms with Gasteiger partial charge in [-0.15, -0.1) is 0 Å². The van der Waals surface area contributed by atoms with Crippen LogP contribution in [-0.2, 0) is 4.79 Å². The van der Waals surface area contributed by atoms with Crippen molar-refractivity contribution < 1.29 is 9.59 Å². The predicted octanol–water partition coefficient (Wildman–Crippen LogP) is 2.56. The van der Waals surface area contributed by atoms with E-state index in [0.29, 0.717) is 12.3 Å². The van der Waals surface area contributed by atoms with Crippen LogP contribution in [0.5, 0.6) is 0 Å². The fourth-order valence-electron chi connectivity index (χ4n) is 3.37. The fraction of sp³-hybridized carbons (Fsp3) is 0.500. The largest absolute Gasteiger partial charge is 0.325 e. The van der Waals surface area contributed by atoms with Gasteiger partial charge in [0.15, 0.2) is 0 Å². The Morgan fingerprint density at radius 3 is 2.48 bits per heavy atom. The lowest BCUT2D eigenvalue weighted by Gasteiger charge is -2.23. The summed E-state index contributed by atoms with van der Waals surface area (Å²) in [5.41, 5.74) is 0.495. The summed E-state index contributed by atoms with van der Waals surface area (Å²) < 4.78 is 0. The van der Waals surface area contributed by atoms with E-state index in [2.05, 4.69) is 17.9 Å². The average Bonchev–Trinajstić information content (AvgIpc) is 3.06. The fourth-order valence-corrected chi connectivity index (χ4v) is 3.70. The van der Waals surface area contributed by atoms with Gasteiger partial charge in [0.25, 0.3) is 5.91 Å². The van der Waals surface area contributed by atoms with Crippen LogP contribution >= 0.6 is 12.6 Å². The Hall–Kier alpha value is -1.49. The van der Waals surface area contributed by atoms with Gasteiger partial charge >= 0.3 is 6.03 Å². The second kappa shape index (κ2) is 5.72. The minimum Gasteiger partial charge on any atom is -0.323 e. The highest BCUT2D eigenvalue weighted by atomic mass is 32.1. The van der Waals surface area contributed by atoms with Crippen molar-refractivity contribution in [2.75, 3.05) is 12.3 Å². The van der Waals surface area contributed by atoms with Gasteiger partial charge in [-0.3, -0.25) is 9.69 Å². The molecule has 1 spiro atoms. The number of carbonyl (C=O) groups is 2. The molecule has 1 aromatic rings. The van der Waals surface area contributed by atoms with Crippen LogP contribution in [0.15, 0.2) is 30.3 Å². The molecule has 1 saturated carbocycles. The molecule has 5 heteroatoms.